The highest BCUT2D eigenvalue weighted by Crippen LogP contribution is 2.42. The largest absolute Gasteiger partial charge is 0.421 e. The zero-order valence-electron chi connectivity index (χ0n) is 12.9. The molecule has 25 heavy (non-hydrogen) atoms. The first-order chi connectivity index (χ1) is 11.7. The predicted molar refractivity (Wildman–Crippen MR) is 92.9 cm³/mol. The number of hydrogen-bond acceptors (Lipinski definition) is 3. The third-order valence-electron chi connectivity index (χ3n) is 3.85. The van der Waals surface area contributed by atoms with Gasteiger partial charge in [0, 0.05) is 26.9 Å². The van der Waals surface area contributed by atoms with Crippen molar-refractivity contribution in [3.63, 3.8) is 0 Å². The molecule has 0 saturated heterocycles. The number of rotatable bonds is 2. The van der Waals surface area contributed by atoms with E-state index in [-0.39, 0.29) is 26.9 Å². The Morgan fingerprint density at radius 2 is 1.68 bits per heavy atom. The standard InChI is InChI=1S/C17H13Cl2F3N2O/c1-8-2-3-9(6-13(8)23)15-14(16(25-24-15)17(20,21)22)10-4-11(18)7-12(19)5-10/h2-7,16,24H,23H2,1H3. The van der Waals surface area contributed by atoms with Gasteiger partial charge < -0.3 is 5.73 Å². The second-order valence-electron chi connectivity index (χ2n) is 5.66. The van der Waals surface area contributed by atoms with Crippen LogP contribution in [0.4, 0.5) is 18.9 Å². The number of hydrogen-bond donors (Lipinski definition) is 2. The molecule has 1 aliphatic heterocycles. The molecule has 0 saturated carbocycles. The smallest absolute Gasteiger partial charge is 0.398 e. The molecule has 8 heteroatoms. The summed E-state index contributed by atoms with van der Waals surface area (Å²) >= 11 is 11.9. The van der Waals surface area contributed by atoms with E-state index < -0.39 is 12.3 Å². The number of nitrogens with two attached hydrogens (primary N) is 1. The topological polar surface area (TPSA) is 47.3 Å². The summed E-state index contributed by atoms with van der Waals surface area (Å²) in [4.78, 5) is 4.83. The maximum absolute atomic E-state index is 13.4. The molecule has 3 nitrogen and oxygen atoms in total. The molecule has 1 aliphatic rings. The molecular formula is C17H13Cl2F3N2O. The van der Waals surface area contributed by atoms with Crippen LogP contribution >= 0.6 is 23.2 Å². The zero-order valence-corrected chi connectivity index (χ0v) is 14.4. The van der Waals surface area contributed by atoms with Crippen LogP contribution in [0.3, 0.4) is 0 Å². The maximum Gasteiger partial charge on any atom is 0.421 e. The number of nitrogens with one attached hydrogen (secondary N) is 1. The van der Waals surface area contributed by atoms with Gasteiger partial charge in [-0.3, -0.25) is 10.3 Å². The molecule has 0 radical (unpaired) electrons. The highest BCUT2D eigenvalue weighted by Gasteiger charge is 2.48. The minimum absolute atomic E-state index is 0.0971. The highest BCUT2D eigenvalue weighted by molar-refractivity contribution is 6.35. The Morgan fingerprint density at radius 3 is 2.24 bits per heavy atom. The predicted octanol–water partition coefficient (Wildman–Crippen LogP) is 5.22. The summed E-state index contributed by atoms with van der Waals surface area (Å²) in [5.41, 5.74) is 10.3. The highest BCUT2D eigenvalue weighted by atomic mass is 35.5. The summed E-state index contributed by atoms with van der Waals surface area (Å²) in [6, 6.07) is 9.25. The third-order valence-corrected chi connectivity index (χ3v) is 4.29. The molecule has 1 unspecified atom stereocenters. The van der Waals surface area contributed by atoms with Gasteiger partial charge in [-0.1, -0.05) is 35.3 Å². The van der Waals surface area contributed by atoms with Gasteiger partial charge in [0.05, 0.1) is 5.70 Å². The molecular weight excluding hydrogens is 376 g/mol. The lowest BCUT2D eigenvalue weighted by Crippen LogP contribution is -2.31. The summed E-state index contributed by atoms with van der Waals surface area (Å²) in [5.74, 6) is 0. The van der Waals surface area contributed by atoms with Gasteiger partial charge in [-0.25, -0.2) is 0 Å². The lowest BCUT2D eigenvalue weighted by molar-refractivity contribution is -0.205. The van der Waals surface area contributed by atoms with Crippen LogP contribution in [-0.2, 0) is 4.84 Å². The van der Waals surface area contributed by atoms with Crippen LogP contribution in [-0.4, -0.2) is 12.3 Å². The molecule has 0 aliphatic carbocycles. The molecule has 0 bridgehead atoms. The molecule has 0 amide bonds. The molecule has 1 heterocycles. The molecule has 0 fully saturated rings. The van der Waals surface area contributed by atoms with Gasteiger partial charge in [-0.15, -0.1) is 0 Å². The first-order valence-electron chi connectivity index (χ1n) is 7.22. The van der Waals surface area contributed by atoms with Crippen molar-refractivity contribution in [3.8, 4) is 0 Å². The van der Waals surface area contributed by atoms with E-state index in [1.54, 1.807) is 18.2 Å². The van der Waals surface area contributed by atoms with Crippen LogP contribution < -0.4 is 11.2 Å². The van der Waals surface area contributed by atoms with Crippen molar-refractivity contribution in [3.05, 3.63) is 63.1 Å². The summed E-state index contributed by atoms with van der Waals surface area (Å²) in [6.45, 7) is 1.81. The Hall–Kier alpha value is -1.89. The maximum atomic E-state index is 13.4. The first-order valence-corrected chi connectivity index (χ1v) is 7.98. The van der Waals surface area contributed by atoms with Gasteiger partial charge in [0.2, 0.25) is 6.10 Å². The second-order valence-corrected chi connectivity index (χ2v) is 6.53. The van der Waals surface area contributed by atoms with E-state index in [9.17, 15) is 13.2 Å². The van der Waals surface area contributed by atoms with Gasteiger partial charge in [0.15, 0.2) is 0 Å². The normalized spacial score (nSPS) is 17.8. The van der Waals surface area contributed by atoms with E-state index in [0.717, 1.165) is 5.56 Å². The molecule has 132 valence electrons. The van der Waals surface area contributed by atoms with E-state index >= 15 is 0 Å². The number of hydroxylamine groups is 1. The SMILES string of the molecule is Cc1ccc(C2=C(c3cc(Cl)cc(Cl)c3)C(C(F)(F)F)ON2)cc1N. The molecule has 0 aromatic heterocycles. The minimum Gasteiger partial charge on any atom is -0.398 e. The van der Waals surface area contributed by atoms with Crippen LogP contribution in [0.1, 0.15) is 16.7 Å². The van der Waals surface area contributed by atoms with Crippen molar-refractivity contribution in [2.24, 2.45) is 0 Å². The third kappa shape index (κ3) is 3.56. The fraction of sp³-hybridized carbons (Fsp3) is 0.176. The van der Waals surface area contributed by atoms with Crippen LogP contribution in [0.15, 0.2) is 36.4 Å². The fourth-order valence-electron chi connectivity index (χ4n) is 2.61. The summed E-state index contributed by atoms with van der Waals surface area (Å²) in [6.07, 6.45) is -6.77. The van der Waals surface area contributed by atoms with Crippen molar-refractivity contribution in [2.75, 3.05) is 5.73 Å². The summed E-state index contributed by atoms with van der Waals surface area (Å²) in [5, 5.41) is 0.455. The Kier molecular flexibility index (Phi) is 4.62. The van der Waals surface area contributed by atoms with Gasteiger partial charge >= 0.3 is 6.18 Å². The minimum atomic E-state index is -4.62. The van der Waals surface area contributed by atoms with Crippen molar-refractivity contribution < 1.29 is 18.0 Å². The number of alkyl halides is 3. The van der Waals surface area contributed by atoms with Crippen LogP contribution in [0, 0.1) is 6.92 Å². The van der Waals surface area contributed by atoms with Crippen LogP contribution in [0.25, 0.3) is 11.3 Å². The first kappa shape index (κ1) is 17.9. The summed E-state index contributed by atoms with van der Waals surface area (Å²) < 4.78 is 40.3. The van der Waals surface area contributed by atoms with Crippen molar-refractivity contribution in [2.45, 2.75) is 19.2 Å². The van der Waals surface area contributed by atoms with E-state index in [2.05, 4.69) is 5.48 Å². The van der Waals surface area contributed by atoms with Gasteiger partial charge in [0.25, 0.3) is 0 Å². The monoisotopic (exact) mass is 388 g/mol. The number of halogens is 5. The molecule has 2 aromatic carbocycles. The molecule has 1 atom stereocenters. The quantitative estimate of drug-likeness (QED) is 0.693. The second kappa shape index (κ2) is 6.44. The van der Waals surface area contributed by atoms with E-state index in [1.807, 2.05) is 6.92 Å². The average Bonchev–Trinajstić information content (AvgIpc) is 2.94. The number of anilines is 1. The van der Waals surface area contributed by atoms with Gasteiger partial charge in [0.1, 0.15) is 0 Å². The number of nitrogen functional groups attached to an aromatic ring is 1. The van der Waals surface area contributed by atoms with E-state index in [0.29, 0.717) is 11.3 Å². The molecule has 3 rings (SSSR count). The molecule has 0 spiro atoms. The number of aryl methyl sites for hydroxylation is 1. The van der Waals surface area contributed by atoms with Crippen molar-refractivity contribution in [1.29, 1.82) is 0 Å². The fourth-order valence-corrected chi connectivity index (χ4v) is 3.13. The van der Waals surface area contributed by atoms with Gasteiger partial charge in [-0.2, -0.15) is 13.2 Å². The lowest BCUT2D eigenvalue weighted by Gasteiger charge is -2.17. The van der Waals surface area contributed by atoms with Crippen molar-refractivity contribution in [1.82, 2.24) is 5.48 Å². The lowest BCUT2D eigenvalue weighted by atomic mass is 9.95. The van der Waals surface area contributed by atoms with Gasteiger partial charge in [-0.05, 0) is 42.3 Å². The van der Waals surface area contributed by atoms with E-state index in [1.165, 1.54) is 18.2 Å². The molecule has 2 aromatic rings. The molecule has 3 N–H and O–H groups in total. The van der Waals surface area contributed by atoms with Crippen molar-refractivity contribution >= 4 is 40.2 Å². The number of benzene rings is 2. The Balaban J connectivity index is 2.23. The average molecular weight is 389 g/mol. The van der Waals surface area contributed by atoms with Crippen LogP contribution in [0.5, 0.6) is 0 Å². The zero-order chi connectivity index (χ0) is 18.4. The Morgan fingerprint density at radius 1 is 1.04 bits per heavy atom. The van der Waals surface area contributed by atoms with Crippen LogP contribution in [0.2, 0.25) is 10.0 Å². The Bertz CT molecular complexity index is 845. The summed E-state index contributed by atoms with van der Waals surface area (Å²) in [7, 11) is 0. The Labute approximate surface area is 152 Å². The van der Waals surface area contributed by atoms with E-state index in [4.69, 9.17) is 33.8 Å².